The van der Waals surface area contributed by atoms with Gasteiger partial charge in [0.1, 0.15) is 0 Å². The third-order valence-corrected chi connectivity index (χ3v) is 4.27. The normalized spacial score (nSPS) is 22.1. The van der Waals surface area contributed by atoms with E-state index in [2.05, 4.69) is 0 Å². The van der Waals surface area contributed by atoms with E-state index < -0.39 is 11.4 Å². The van der Waals surface area contributed by atoms with Crippen molar-refractivity contribution in [2.45, 2.75) is 33.6 Å². The lowest BCUT2D eigenvalue weighted by atomic mass is 9.90. The van der Waals surface area contributed by atoms with Crippen LogP contribution in [0.15, 0.2) is 18.2 Å². The summed E-state index contributed by atoms with van der Waals surface area (Å²) in [5, 5.41) is 9.19. The van der Waals surface area contributed by atoms with Gasteiger partial charge in [0, 0.05) is 13.1 Å². The minimum Gasteiger partial charge on any atom is -0.481 e. The summed E-state index contributed by atoms with van der Waals surface area (Å²) in [5.41, 5.74) is 2.58. The van der Waals surface area contributed by atoms with Crippen LogP contribution in [0.1, 0.15) is 30.0 Å². The average Bonchev–Trinajstić information content (AvgIpc) is 2.78. The van der Waals surface area contributed by atoms with Crippen molar-refractivity contribution < 1.29 is 14.7 Å². The van der Waals surface area contributed by atoms with Crippen LogP contribution in [-0.4, -0.2) is 35.0 Å². The number of carbonyl (C=O) groups excluding carboxylic acids is 1. The molecule has 1 amide bonds. The second kappa shape index (κ2) is 5.27. The Morgan fingerprint density at radius 2 is 2.00 bits per heavy atom. The van der Waals surface area contributed by atoms with Gasteiger partial charge >= 0.3 is 5.97 Å². The Bertz CT molecular complexity index is 553. The number of amides is 1. The van der Waals surface area contributed by atoms with Crippen molar-refractivity contribution in [2.24, 2.45) is 5.41 Å². The zero-order chi connectivity index (χ0) is 14.9. The first-order valence-corrected chi connectivity index (χ1v) is 6.89. The highest BCUT2D eigenvalue weighted by atomic mass is 16.4. The number of benzene rings is 1. The maximum atomic E-state index is 12.3. The number of aliphatic carboxylic acids is 1. The third-order valence-electron chi connectivity index (χ3n) is 4.27. The number of hydrogen-bond donors (Lipinski definition) is 1. The molecule has 1 aliphatic rings. The molecule has 0 aromatic heterocycles. The highest BCUT2D eigenvalue weighted by Gasteiger charge is 2.41. The molecular formula is C16H21NO3. The van der Waals surface area contributed by atoms with Gasteiger partial charge in [-0.05, 0) is 43.9 Å². The number of carboxylic acids is 1. The fourth-order valence-corrected chi connectivity index (χ4v) is 2.55. The van der Waals surface area contributed by atoms with Gasteiger partial charge in [0.25, 0.3) is 0 Å². The topological polar surface area (TPSA) is 57.6 Å². The number of rotatable bonds is 3. The van der Waals surface area contributed by atoms with Crippen LogP contribution in [0.5, 0.6) is 0 Å². The van der Waals surface area contributed by atoms with Gasteiger partial charge < -0.3 is 10.0 Å². The van der Waals surface area contributed by atoms with Gasteiger partial charge in [-0.25, -0.2) is 0 Å². The van der Waals surface area contributed by atoms with Crippen LogP contribution in [0.3, 0.4) is 0 Å². The molecule has 0 aliphatic carbocycles. The number of carbonyl (C=O) groups is 2. The summed E-state index contributed by atoms with van der Waals surface area (Å²) in [6, 6.07) is 6.01. The molecule has 4 nitrogen and oxygen atoms in total. The second-order valence-electron chi connectivity index (χ2n) is 6.03. The highest BCUT2D eigenvalue weighted by molar-refractivity contribution is 5.82. The van der Waals surface area contributed by atoms with Crippen LogP contribution < -0.4 is 0 Å². The molecule has 1 aromatic carbocycles. The van der Waals surface area contributed by atoms with E-state index in [9.17, 15) is 14.7 Å². The molecule has 1 aromatic rings. The van der Waals surface area contributed by atoms with Crippen LogP contribution in [0.25, 0.3) is 0 Å². The summed E-state index contributed by atoms with van der Waals surface area (Å²) in [5.74, 6) is -0.808. The van der Waals surface area contributed by atoms with Crippen LogP contribution in [0, 0.1) is 19.3 Å². The quantitative estimate of drug-likeness (QED) is 0.919. The van der Waals surface area contributed by atoms with Gasteiger partial charge in [0.15, 0.2) is 0 Å². The summed E-state index contributed by atoms with van der Waals surface area (Å²) in [4.78, 5) is 25.1. The average molecular weight is 275 g/mol. The molecule has 2 rings (SSSR count). The zero-order valence-electron chi connectivity index (χ0n) is 12.3. The molecule has 1 N–H and O–H groups in total. The minimum atomic E-state index is -0.820. The first-order chi connectivity index (χ1) is 9.32. The molecule has 0 spiro atoms. The Hall–Kier alpha value is -1.84. The molecule has 1 saturated heterocycles. The fraction of sp³-hybridized carbons (Fsp3) is 0.500. The Balaban J connectivity index is 2.03. The lowest BCUT2D eigenvalue weighted by molar-refractivity contribution is -0.147. The minimum absolute atomic E-state index is 0.0122. The molecule has 0 bridgehead atoms. The molecule has 1 aliphatic heterocycles. The largest absolute Gasteiger partial charge is 0.481 e. The molecule has 1 fully saturated rings. The van der Waals surface area contributed by atoms with Crippen molar-refractivity contribution in [3.8, 4) is 0 Å². The van der Waals surface area contributed by atoms with E-state index in [1.807, 2.05) is 32.0 Å². The molecule has 0 radical (unpaired) electrons. The second-order valence-corrected chi connectivity index (χ2v) is 6.03. The molecule has 108 valence electrons. The first kappa shape index (κ1) is 14.6. The monoisotopic (exact) mass is 275 g/mol. The fourth-order valence-electron chi connectivity index (χ4n) is 2.55. The van der Waals surface area contributed by atoms with Crippen molar-refractivity contribution in [2.75, 3.05) is 13.1 Å². The summed E-state index contributed by atoms with van der Waals surface area (Å²) >= 11 is 0. The van der Waals surface area contributed by atoms with Crippen molar-refractivity contribution in [3.05, 3.63) is 34.9 Å². The van der Waals surface area contributed by atoms with Crippen LogP contribution in [-0.2, 0) is 16.0 Å². The number of carboxylic acid groups (broad SMARTS) is 1. The summed E-state index contributed by atoms with van der Waals surface area (Å²) in [7, 11) is 0. The van der Waals surface area contributed by atoms with Gasteiger partial charge in [-0.3, -0.25) is 9.59 Å². The third kappa shape index (κ3) is 2.84. The molecule has 1 heterocycles. The number of hydrogen-bond acceptors (Lipinski definition) is 2. The molecule has 1 atom stereocenters. The van der Waals surface area contributed by atoms with Crippen LogP contribution >= 0.6 is 0 Å². The summed E-state index contributed by atoms with van der Waals surface area (Å²) < 4.78 is 0. The lowest BCUT2D eigenvalue weighted by Crippen LogP contribution is -2.35. The number of nitrogens with zero attached hydrogens (tertiary/aromatic N) is 1. The van der Waals surface area contributed by atoms with E-state index in [1.54, 1.807) is 11.8 Å². The maximum Gasteiger partial charge on any atom is 0.311 e. The standard InChI is InChI=1S/C16H21NO3/c1-11-4-5-13(8-12(11)2)9-14(18)17-7-6-16(3,10-17)15(19)20/h4-5,8H,6-7,9-10H2,1-3H3,(H,19,20). The van der Waals surface area contributed by atoms with Crippen molar-refractivity contribution in [1.29, 1.82) is 0 Å². The number of likely N-dealkylation sites (tertiary alicyclic amines) is 1. The Labute approximate surface area is 119 Å². The van der Waals surface area contributed by atoms with Crippen molar-refractivity contribution in [3.63, 3.8) is 0 Å². The zero-order valence-corrected chi connectivity index (χ0v) is 12.3. The predicted octanol–water partition coefficient (Wildman–Crippen LogP) is 2.17. The molecule has 0 saturated carbocycles. The highest BCUT2D eigenvalue weighted by Crippen LogP contribution is 2.30. The van der Waals surface area contributed by atoms with Crippen LogP contribution in [0.2, 0.25) is 0 Å². The first-order valence-electron chi connectivity index (χ1n) is 6.89. The number of aryl methyl sites for hydroxylation is 2. The van der Waals surface area contributed by atoms with Gasteiger partial charge in [-0.2, -0.15) is 0 Å². The Morgan fingerprint density at radius 1 is 1.30 bits per heavy atom. The van der Waals surface area contributed by atoms with Gasteiger partial charge in [0.05, 0.1) is 11.8 Å². The van der Waals surface area contributed by atoms with Gasteiger partial charge in [0.2, 0.25) is 5.91 Å². The van der Waals surface area contributed by atoms with E-state index >= 15 is 0 Å². The van der Waals surface area contributed by atoms with E-state index in [4.69, 9.17) is 0 Å². The molecule has 4 heteroatoms. The maximum absolute atomic E-state index is 12.3. The Morgan fingerprint density at radius 3 is 2.55 bits per heavy atom. The van der Waals surface area contributed by atoms with E-state index in [1.165, 1.54) is 11.1 Å². The van der Waals surface area contributed by atoms with E-state index in [0.29, 0.717) is 25.9 Å². The smallest absolute Gasteiger partial charge is 0.311 e. The SMILES string of the molecule is Cc1ccc(CC(=O)N2CCC(C)(C(=O)O)C2)cc1C. The predicted molar refractivity (Wildman–Crippen MR) is 76.6 cm³/mol. The summed E-state index contributed by atoms with van der Waals surface area (Å²) in [6.45, 7) is 6.62. The molecular weight excluding hydrogens is 254 g/mol. The van der Waals surface area contributed by atoms with Gasteiger partial charge in [-0.15, -0.1) is 0 Å². The molecule has 1 unspecified atom stereocenters. The van der Waals surface area contributed by atoms with Crippen molar-refractivity contribution in [1.82, 2.24) is 4.90 Å². The molecule has 20 heavy (non-hydrogen) atoms. The van der Waals surface area contributed by atoms with E-state index in [-0.39, 0.29) is 5.91 Å². The Kier molecular flexibility index (Phi) is 3.84. The van der Waals surface area contributed by atoms with Crippen molar-refractivity contribution >= 4 is 11.9 Å². The lowest BCUT2D eigenvalue weighted by Gasteiger charge is -2.20. The van der Waals surface area contributed by atoms with Gasteiger partial charge in [-0.1, -0.05) is 18.2 Å². The summed E-state index contributed by atoms with van der Waals surface area (Å²) in [6.07, 6.45) is 0.873. The van der Waals surface area contributed by atoms with E-state index in [0.717, 1.165) is 5.56 Å². The van der Waals surface area contributed by atoms with Crippen LogP contribution in [0.4, 0.5) is 0 Å².